The van der Waals surface area contributed by atoms with Crippen molar-refractivity contribution in [2.24, 2.45) is 5.41 Å². The lowest BCUT2D eigenvalue weighted by Crippen LogP contribution is -2.36. The predicted octanol–water partition coefficient (Wildman–Crippen LogP) is 5.33. The van der Waals surface area contributed by atoms with Crippen LogP contribution in [0.1, 0.15) is 78.4 Å². The Bertz CT molecular complexity index is 1290. The largest absolute Gasteiger partial charge is 0.481 e. The average Bonchev–Trinajstić information content (AvgIpc) is 3.17. The number of unbranched alkanes of at least 4 members (excludes halogenated alkanes) is 3. The van der Waals surface area contributed by atoms with E-state index in [0.29, 0.717) is 19.8 Å². The molecule has 0 aliphatic rings. The predicted molar refractivity (Wildman–Crippen MR) is 232 cm³/mol. The van der Waals surface area contributed by atoms with Gasteiger partial charge in [-0.25, -0.2) is 0 Å². The summed E-state index contributed by atoms with van der Waals surface area (Å²) in [6.07, 6.45) is 5.25. The van der Waals surface area contributed by atoms with E-state index < -0.39 is 11.4 Å². The molecule has 0 aliphatic heterocycles. The summed E-state index contributed by atoms with van der Waals surface area (Å²) in [7, 11) is 9.57. The lowest BCUT2D eigenvalue weighted by molar-refractivity contribution is -0.154. The standard InChI is InChI=1S/C17H18N2O2.C10H20N2O2.C7H14O4.C5H12O2.C4H10O2/c1-12(20)18-16-7-3-14(4-8-16)11-15-5-9-17(10-6-15)19-13(2)21;1-9(13)11-7-5-3-4-6-8-12-10(2)14;1-7(4-10-2,5-11-3)6(8)9;1-5(7-3)4-6-2;1-5-3-4-6-2/h3-10H,11H2,1-2H3,(H,18,20)(H,19,21);3-8H2,1-2H3,(H,11,13)(H,12,14);4-5H2,1-3H3,(H,8,9);5H,4H2,1-3H3;3-4H2,1-2H3. The highest BCUT2D eigenvalue weighted by Gasteiger charge is 2.33. The lowest BCUT2D eigenvalue weighted by Gasteiger charge is -2.22. The van der Waals surface area contributed by atoms with E-state index in [0.717, 1.165) is 67.7 Å². The molecule has 338 valence electrons. The van der Waals surface area contributed by atoms with Gasteiger partial charge in [0.25, 0.3) is 0 Å². The summed E-state index contributed by atoms with van der Waals surface area (Å²) in [5, 5.41) is 19.7. The van der Waals surface area contributed by atoms with E-state index >= 15 is 0 Å². The number of nitrogens with one attached hydrogen (secondary N) is 4. The number of amides is 4. The quantitative estimate of drug-likeness (QED) is 0.0954. The van der Waals surface area contributed by atoms with Gasteiger partial charge in [-0.2, -0.15) is 0 Å². The van der Waals surface area contributed by atoms with Crippen molar-refractivity contribution in [1.29, 1.82) is 0 Å². The zero-order valence-electron chi connectivity index (χ0n) is 37.6. The minimum Gasteiger partial charge on any atom is -0.481 e. The van der Waals surface area contributed by atoms with Crippen molar-refractivity contribution in [2.45, 2.75) is 79.8 Å². The van der Waals surface area contributed by atoms with Crippen LogP contribution in [0.3, 0.4) is 0 Å². The SMILES string of the molecule is CC(=O)NCCCCCCNC(C)=O.CC(=O)Nc1ccc(Cc2ccc(NC(C)=O)cc2)cc1.COCC(C)(COC)C(=O)O.COCC(C)OC.COCCOC. The van der Waals surface area contributed by atoms with E-state index in [1.807, 2.05) is 55.5 Å². The Morgan fingerprint density at radius 2 is 0.949 bits per heavy atom. The van der Waals surface area contributed by atoms with E-state index in [1.54, 1.807) is 35.4 Å². The molecule has 5 N–H and O–H groups in total. The number of methoxy groups -OCH3 is 6. The number of carboxylic acids is 1. The third-order valence-corrected chi connectivity index (χ3v) is 7.55. The Labute approximate surface area is 352 Å². The van der Waals surface area contributed by atoms with Crippen molar-refractivity contribution < 1.29 is 57.5 Å². The highest BCUT2D eigenvalue weighted by molar-refractivity contribution is 5.89. The molecule has 2 rings (SSSR count). The van der Waals surface area contributed by atoms with E-state index in [9.17, 15) is 24.0 Å². The normalized spacial score (nSPS) is 10.6. The molecule has 0 aliphatic carbocycles. The van der Waals surface area contributed by atoms with E-state index in [4.69, 9.17) is 24.1 Å². The summed E-state index contributed by atoms with van der Waals surface area (Å²) in [5.74, 6) is -0.986. The molecule has 59 heavy (non-hydrogen) atoms. The molecule has 0 aromatic heterocycles. The van der Waals surface area contributed by atoms with Crippen LogP contribution in [0.25, 0.3) is 0 Å². The first-order valence-corrected chi connectivity index (χ1v) is 19.4. The number of ether oxygens (including phenoxy) is 6. The molecule has 16 nitrogen and oxygen atoms in total. The Hall–Kier alpha value is -4.45. The maximum Gasteiger partial charge on any atom is 0.314 e. The molecular weight excluding hydrogens is 764 g/mol. The van der Waals surface area contributed by atoms with Crippen molar-refractivity contribution in [2.75, 3.05) is 99.4 Å². The van der Waals surface area contributed by atoms with Crippen LogP contribution in [0.2, 0.25) is 0 Å². The van der Waals surface area contributed by atoms with Gasteiger partial charge in [-0.05, 0) is 68.5 Å². The molecule has 0 spiro atoms. The number of benzene rings is 2. The van der Waals surface area contributed by atoms with E-state index in [1.165, 1.54) is 41.9 Å². The van der Waals surface area contributed by atoms with Gasteiger partial charge in [-0.1, -0.05) is 37.1 Å². The molecule has 16 heteroatoms. The zero-order valence-corrected chi connectivity index (χ0v) is 37.6. The van der Waals surface area contributed by atoms with Crippen molar-refractivity contribution >= 4 is 41.0 Å². The second-order valence-corrected chi connectivity index (χ2v) is 13.5. The Kier molecular flexibility index (Phi) is 38.9. The molecule has 4 amide bonds. The van der Waals surface area contributed by atoms with Crippen molar-refractivity contribution in [3.05, 3.63) is 59.7 Å². The molecule has 1 atom stereocenters. The monoisotopic (exact) mass is 839 g/mol. The third-order valence-electron chi connectivity index (χ3n) is 7.55. The fourth-order valence-corrected chi connectivity index (χ4v) is 4.46. The molecule has 0 fully saturated rings. The van der Waals surface area contributed by atoms with Crippen LogP contribution in [0.5, 0.6) is 0 Å². The van der Waals surface area contributed by atoms with Gasteiger partial charge in [0.1, 0.15) is 5.41 Å². The molecule has 0 heterocycles. The van der Waals surface area contributed by atoms with Crippen LogP contribution in [-0.4, -0.2) is 130 Å². The fraction of sp³-hybridized carbons (Fsp3) is 0.605. The second kappa shape index (κ2) is 39.0. The number of carbonyl (C=O) groups excluding carboxylic acids is 4. The van der Waals surface area contributed by atoms with Gasteiger partial charge in [0, 0.05) is 94.8 Å². The molecule has 0 saturated heterocycles. The van der Waals surface area contributed by atoms with Crippen LogP contribution >= 0.6 is 0 Å². The van der Waals surface area contributed by atoms with E-state index in [2.05, 4.69) is 30.7 Å². The first kappa shape index (κ1) is 58.9. The van der Waals surface area contributed by atoms with Gasteiger partial charge in [0.05, 0.1) is 39.1 Å². The van der Waals surface area contributed by atoms with Crippen LogP contribution < -0.4 is 21.3 Å². The Morgan fingerprint density at radius 1 is 0.576 bits per heavy atom. The van der Waals surface area contributed by atoms with Gasteiger partial charge < -0.3 is 54.8 Å². The van der Waals surface area contributed by atoms with E-state index in [-0.39, 0.29) is 42.9 Å². The number of hydrogen-bond donors (Lipinski definition) is 5. The first-order chi connectivity index (χ1) is 27.9. The molecule has 2 aromatic carbocycles. The maximum absolute atomic E-state index is 11.0. The van der Waals surface area contributed by atoms with Crippen LogP contribution in [0.15, 0.2) is 48.5 Å². The highest BCUT2D eigenvalue weighted by Crippen LogP contribution is 2.17. The Balaban J connectivity index is -0.000000720. The third kappa shape index (κ3) is 38.8. The minimum atomic E-state index is -0.927. The van der Waals surface area contributed by atoms with Gasteiger partial charge in [-0.3, -0.25) is 24.0 Å². The van der Waals surface area contributed by atoms with Crippen molar-refractivity contribution in [3.63, 3.8) is 0 Å². The molecule has 0 saturated carbocycles. The summed E-state index contributed by atoms with van der Waals surface area (Å²) in [6, 6.07) is 15.5. The number of carboxylic acid groups (broad SMARTS) is 1. The molecule has 0 radical (unpaired) electrons. The maximum atomic E-state index is 11.0. The number of carbonyl (C=O) groups is 5. The molecule has 1 unspecified atom stereocenters. The molecular formula is C43H74N4O12. The fourth-order valence-electron chi connectivity index (χ4n) is 4.46. The summed E-state index contributed by atoms with van der Waals surface area (Å²) in [6.45, 7) is 13.5. The van der Waals surface area contributed by atoms with Gasteiger partial charge in [0.15, 0.2) is 0 Å². The topological polar surface area (TPSA) is 209 Å². The number of hydrogen-bond acceptors (Lipinski definition) is 11. The highest BCUT2D eigenvalue weighted by atomic mass is 16.5. The zero-order chi connectivity index (χ0) is 45.5. The summed E-state index contributed by atoms with van der Waals surface area (Å²) < 4.78 is 28.5. The average molecular weight is 839 g/mol. The number of anilines is 2. The van der Waals surface area contributed by atoms with Gasteiger partial charge in [0.2, 0.25) is 23.6 Å². The van der Waals surface area contributed by atoms with Crippen molar-refractivity contribution in [3.8, 4) is 0 Å². The summed E-state index contributed by atoms with van der Waals surface area (Å²) in [5.41, 5.74) is 3.00. The molecule has 2 aromatic rings. The molecule has 0 bridgehead atoms. The van der Waals surface area contributed by atoms with Crippen LogP contribution in [-0.2, 0) is 58.8 Å². The van der Waals surface area contributed by atoms with Gasteiger partial charge in [-0.15, -0.1) is 0 Å². The minimum absolute atomic E-state index is 0.0308. The first-order valence-electron chi connectivity index (χ1n) is 19.4. The summed E-state index contributed by atoms with van der Waals surface area (Å²) in [4.78, 5) is 53.5. The number of aliphatic carboxylic acids is 1. The summed E-state index contributed by atoms with van der Waals surface area (Å²) >= 11 is 0. The number of rotatable bonds is 22. The lowest BCUT2D eigenvalue weighted by atomic mass is 9.93. The van der Waals surface area contributed by atoms with Crippen molar-refractivity contribution in [1.82, 2.24) is 10.6 Å². The smallest absolute Gasteiger partial charge is 0.314 e. The second-order valence-electron chi connectivity index (χ2n) is 13.5. The van der Waals surface area contributed by atoms with Crippen LogP contribution in [0, 0.1) is 5.41 Å². The Morgan fingerprint density at radius 3 is 1.19 bits per heavy atom. The van der Waals surface area contributed by atoms with Crippen LogP contribution in [0.4, 0.5) is 11.4 Å². The van der Waals surface area contributed by atoms with Gasteiger partial charge >= 0.3 is 5.97 Å².